The maximum absolute atomic E-state index is 13.1. The van der Waals surface area contributed by atoms with E-state index in [2.05, 4.69) is 20.6 Å². The molecule has 0 unspecified atom stereocenters. The first-order valence-corrected chi connectivity index (χ1v) is 11.5. The van der Waals surface area contributed by atoms with E-state index in [4.69, 9.17) is 23.2 Å². The number of amides is 2. The summed E-state index contributed by atoms with van der Waals surface area (Å²) in [5.74, 6) is -0.393. The SMILES string of the molecule is O=C(Nc1ccc(-c2nc3cc(C(=O)Nc4ccc(F)cc4)ccc3[nH]2)cc1)c1ccc(Cl)c(Cl)c1. The second-order valence-corrected chi connectivity index (χ2v) is 8.75. The van der Waals surface area contributed by atoms with E-state index in [1.807, 2.05) is 12.1 Å². The van der Waals surface area contributed by atoms with Crippen LogP contribution in [-0.4, -0.2) is 21.8 Å². The molecular weight excluding hydrogens is 502 g/mol. The molecule has 2 amide bonds. The van der Waals surface area contributed by atoms with Gasteiger partial charge in [0.1, 0.15) is 11.6 Å². The summed E-state index contributed by atoms with van der Waals surface area (Å²) in [6.45, 7) is 0. The number of imidazole rings is 1. The summed E-state index contributed by atoms with van der Waals surface area (Å²) in [6, 6.07) is 22.5. The Morgan fingerprint density at radius 1 is 0.722 bits per heavy atom. The van der Waals surface area contributed by atoms with Gasteiger partial charge >= 0.3 is 0 Å². The summed E-state index contributed by atoms with van der Waals surface area (Å²) >= 11 is 11.9. The predicted octanol–water partition coefficient (Wildman–Crippen LogP) is 7.18. The minimum absolute atomic E-state index is 0.306. The maximum atomic E-state index is 13.1. The van der Waals surface area contributed by atoms with Crippen LogP contribution in [0.2, 0.25) is 10.0 Å². The van der Waals surface area contributed by atoms with Crippen molar-refractivity contribution in [3.05, 3.63) is 112 Å². The van der Waals surface area contributed by atoms with E-state index in [-0.39, 0.29) is 17.6 Å². The fourth-order valence-electron chi connectivity index (χ4n) is 3.57. The number of rotatable bonds is 5. The number of hydrogen-bond acceptors (Lipinski definition) is 3. The number of hydrogen-bond donors (Lipinski definition) is 3. The molecule has 0 aliphatic carbocycles. The molecule has 0 bridgehead atoms. The van der Waals surface area contributed by atoms with Crippen LogP contribution in [0.1, 0.15) is 20.7 Å². The number of nitrogens with zero attached hydrogens (tertiary/aromatic N) is 1. The van der Waals surface area contributed by atoms with Gasteiger partial charge < -0.3 is 15.6 Å². The molecule has 0 atom stereocenters. The van der Waals surface area contributed by atoms with Crippen LogP contribution in [-0.2, 0) is 0 Å². The van der Waals surface area contributed by atoms with E-state index in [1.54, 1.807) is 42.5 Å². The molecule has 0 saturated carbocycles. The molecule has 0 fully saturated rings. The first kappa shape index (κ1) is 23.5. The number of nitrogens with one attached hydrogen (secondary N) is 3. The molecule has 36 heavy (non-hydrogen) atoms. The van der Waals surface area contributed by atoms with Crippen LogP contribution in [0.15, 0.2) is 84.9 Å². The third kappa shape index (κ3) is 5.07. The first-order chi connectivity index (χ1) is 17.4. The molecule has 0 radical (unpaired) electrons. The lowest BCUT2D eigenvalue weighted by Gasteiger charge is -2.07. The van der Waals surface area contributed by atoms with Crippen molar-refractivity contribution in [2.24, 2.45) is 0 Å². The monoisotopic (exact) mass is 518 g/mol. The topological polar surface area (TPSA) is 86.9 Å². The van der Waals surface area contributed by atoms with Crippen LogP contribution in [0.4, 0.5) is 15.8 Å². The second kappa shape index (κ2) is 9.81. The van der Waals surface area contributed by atoms with Gasteiger partial charge in [-0.15, -0.1) is 0 Å². The zero-order valence-corrected chi connectivity index (χ0v) is 20.0. The van der Waals surface area contributed by atoms with Crippen molar-refractivity contribution in [1.82, 2.24) is 9.97 Å². The average Bonchev–Trinajstić information content (AvgIpc) is 3.31. The highest BCUT2D eigenvalue weighted by Gasteiger charge is 2.12. The van der Waals surface area contributed by atoms with Gasteiger partial charge in [-0.2, -0.15) is 0 Å². The zero-order valence-electron chi connectivity index (χ0n) is 18.5. The Hall–Kier alpha value is -4.20. The van der Waals surface area contributed by atoms with Gasteiger partial charge in [0.15, 0.2) is 0 Å². The lowest BCUT2D eigenvalue weighted by molar-refractivity contribution is 0.101. The van der Waals surface area contributed by atoms with Gasteiger partial charge in [-0.3, -0.25) is 9.59 Å². The molecule has 5 rings (SSSR count). The molecule has 3 N–H and O–H groups in total. The van der Waals surface area contributed by atoms with Crippen molar-refractivity contribution in [3.63, 3.8) is 0 Å². The smallest absolute Gasteiger partial charge is 0.255 e. The van der Waals surface area contributed by atoms with Crippen LogP contribution in [0.5, 0.6) is 0 Å². The molecule has 5 aromatic rings. The van der Waals surface area contributed by atoms with Crippen LogP contribution in [0, 0.1) is 5.82 Å². The molecule has 0 saturated heterocycles. The van der Waals surface area contributed by atoms with Crippen molar-refractivity contribution in [1.29, 1.82) is 0 Å². The van der Waals surface area contributed by atoms with Crippen LogP contribution in [0.25, 0.3) is 22.4 Å². The highest BCUT2D eigenvalue weighted by molar-refractivity contribution is 6.42. The molecule has 0 spiro atoms. The summed E-state index contributed by atoms with van der Waals surface area (Å²) in [7, 11) is 0. The second-order valence-electron chi connectivity index (χ2n) is 7.94. The quantitative estimate of drug-likeness (QED) is 0.230. The van der Waals surface area contributed by atoms with Gasteiger partial charge in [0.05, 0.1) is 21.1 Å². The van der Waals surface area contributed by atoms with Gasteiger partial charge in [-0.25, -0.2) is 9.37 Å². The molecule has 4 aromatic carbocycles. The number of carbonyl (C=O) groups excluding carboxylic acids is 2. The van der Waals surface area contributed by atoms with Crippen molar-refractivity contribution < 1.29 is 14.0 Å². The summed E-state index contributed by atoms with van der Waals surface area (Å²) in [5, 5.41) is 6.24. The summed E-state index contributed by atoms with van der Waals surface area (Å²) in [6.07, 6.45) is 0. The lowest BCUT2D eigenvalue weighted by Crippen LogP contribution is -2.11. The average molecular weight is 519 g/mol. The number of carbonyl (C=O) groups is 2. The van der Waals surface area contributed by atoms with E-state index >= 15 is 0 Å². The molecule has 1 heterocycles. The summed E-state index contributed by atoms with van der Waals surface area (Å²) in [4.78, 5) is 32.9. The number of aromatic amines is 1. The molecule has 1 aromatic heterocycles. The normalized spacial score (nSPS) is 10.9. The number of aromatic nitrogens is 2. The lowest BCUT2D eigenvalue weighted by atomic mass is 10.1. The maximum Gasteiger partial charge on any atom is 0.255 e. The Balaban J connectivity index is 1.30. The summed E-state index contributed by atoms with van der Waals surface area (Å²) < 4.78 is 13.1. The van der Waals surface area contributed by atoms with Crippen LogP contribution >= 0.6 is 23.2 Å². The van der Waals surface area contributed by atoms with Crippen molar-refractivity contribution >= 4 is 57.4 Å². The van der Waals surface area contributed by atoms with Gasteiger partial charge in [-0.1, -0.05) is 23.2 Å². The Morgan fingerprint density at radius 3 is 1.94 bits per heavy atom. The minimum atomic E-state index is -0.375. The minimum Gasteiger partial charge on any atom is -0.338 e. The van der Waals surface area contributed by atoms with E-state index < -0.39 is 0 Å². The number of anilines is 2. The molecule has 0 aliphatic rings. The third-order valence-electron chi connectivity index (χ3n) is 5.45. The number of fused-ring (bicyclic) bond motifs is 1. The van der Waals surface area contributed by atoms with Crippen LogP contribution < -0.4 is 10.6 Å². The Morgan fingerprint density at radius 2 is 1.31 bits per heavy atom. The Bertz CT molecular complexity index is 1600. The van der Waals surface area contributed by atoms with E-state index in [1.165, 1.54) is 30.3 Å². The van der Waals surface area contributed by atoms with E-state index in [0.29, 0.717) is 43.9 Å². The zero-order chi connectivity index (χ0) is 25.2. The van der Waals surface area contributed by atoms with Gasteiger partial charge in [0.25, 0.3) is 11.8 Å². The Labute approximate surface area is 215 Å². The van der Waals surface area contributed by atoms with E-state index in [9.17, 15) is 14.0 Å². The number of halogens is 3. The predicted molar refractivity (Wildman–Crippen MR) is 140 cm³/mol. The summed E-state index contributed by atoms with van der Waals surface area (Å²) in [5.41, 5.74) is 4.10. The first-order valence-electron chi connectivity index (χ1n) is 10.8. The van der Waals surface area contributed by atoms with Crippen LogP contribution in [0.3, 0.4) is 0 Å². The fourth-order valence-corrected chi connectivity index (χ4v) is 3.87. The largest absolute Gasteiger partial charge is 0.338 e. The number of benzene rings is 4. The van der Waals surface area contributed by atoms with E-state index in [0.717, 1.165) is 11.1 Å². The van der Waals surface area contributed by atoms with Crippen molar-refractivity contribution in [2.75, 3.05) is 10.6 Å². The highest BCUT2D eigenvalue weighted by Crippen LogP contribution is 2.25. The highest BCUT2D eigenvalue weighted by atomic mass is 35.5. The van der Waals surface area contributed by atoms with Crippen molar-refractivity contribution in [3.8, 4) is 11.4 Å². The molecule has 9 heteroatoms. The van der Waals surface area contributed by atoms with Gasteiger partial charge in [0, 0.05) is 28.1 Å². The molecule has 6 nitrogen and oxygen atoms in total. The fraction of sp³-hybridized carbons (Fsp3) is 0. The molecule has 0 aliphatic heterocycles. The molecular formula is C27H17Cl2FN4O2. The molecule has 178 valence electrons. The Kier molecular flexibility index (Phi) is 6.41. The standard InChI is InChI=1S/C27H17Cl2FN4O2/c28-21-11-3-16(13-22(21)29)26(35)31-19-7-1-15(2-8-19)25-33-23-12-4-17(14-24(23)34-25)27(36)32-20-9-5-18(30)6-10-20/h1-14H,(H,31,35)(H,32,36)(H,33,34). The van der Waals surface area contributed by atoms with Gasteiger partial charge in [0.2, 0.25) is 0 Å². The van der Waals surface area contributed by atoms with Crippen molar-refractivity contribution in [2.45, 2.75) is 0 Å². The third-order valence-corrected chi connectivity index (χ3v) is 6.18. The number of H-pyrrole nitrogens is 1. The van der Waals surface area contributed by atoms with Gasteiger partial charge in [-0.05, 0) is 84.9 Å².